The van der Waals surface area contributed by atoms with Gasteiger partial charge in [0.25, 0.3) is 0 Å². The molecule has 2 fully saturated rings. The summed E-state index contributed by atoms with van der Waals surface area (Å²) in [4.78, 5) is 9.16. The summed E-state index contributed by atoms with van der Waals surface area (Å²) in [5.41, 5.74) is 6.81. The molecule has 4 nitrogen and oxygen atoms in total. The third-order valence-corrected chi connectivity index (χ3v) is 4.06. The van der Waals surface area contributed by atoms with Crippen LogP contribution < -0.4 is 10.6 Å². The molecule has 18 heavy (non-hydrogen) atoms. The van der Waals surface area contributed by atoms with E-state index in [2.05, 4.69) is 20.9 Å². The molecular weight excluding hydrogens is 224 g/mol. The SMILES string of the molecule is Nc1ccc(N2CCN(CCC3CC3)CC2)cn1. The van der Waals surface area contributed by atoms with Crippen LogP contribution in [-0.2, 0) is 0 Å². The first-order chi connectivity index (χ1) is 8.81. The quantitative estimate of drug-likeness (QED) is 0.876. The Morgan fingerprint density at radius 1 is 1.17 bits per heavy atom. The molecular formula is C14H22N4. The van der Waals surface area contributed by atoms with E-state index in [1.54, 1.807) is 0 Å². The Morgan fingerprint density at radius 2 is 1.94 bits per heavy atom. The Bertz CT molecular complexity index is 377. The molecule has 4 heteroatoms. The minimum absolute atomic E-state index is 0.599. The summed E-state index contributed by atoms with van der Waals surface area (Å²) in [6, 6.07) is 3.96. The highest BCUT2D eigenvalue weighted by atomic mass is 15.3. The zero-order valence-corrected chi connectivity index (χ0v) is 10.9. The Kier molecular flexibility index (Phi) is 3.37. The Labute approximate surface area is 109 Å². The summed E-state index contributed by atoms with van der Waals surface area (Å²) in [7, 11) is 0. The molecule has 2 aliphatic rings. The second kappa shape index (κ2) is 5.14. The molecule has 0 aromatic carbocycles. The molecule has 0 bridgehead atoms. The number of anilines is 2. The molecule has 0 unspecified atom stereocenters. The fourth-order valence-corrected chi connectivity index (χ4v) is 2.59. The van der Waals surface area contributed by atoms with Gasteiger partial charge >= 0.3 is 0 Å². The van der Waals surface area contributed by atoms with E-state index < -0.39 is 0 Å². The first-order valence-corrected chi connectivity index (χ1v) is 7.00. The van der Waals surface area contributed by atoms with Crippen LogP contribution in [-0.4, -0.2) is 42.6 Å². The van der Waals surface area contributed by atoms with Gasteiger partial charge in [0.2, 0.25) is 0 Å². The van der Waals surface area contributed by atoms with Crippen molar-refractivity contribution in [3.63, 3.8) is 0 Å². The topological polar surface area (TPSA) is 45.4 Å². The van der Waals surface area contributed by atoms with Gasteiger partial charge in [0, 0.05) is 26.2 Å². The standard InChI is InChI=1S/C14H22N4/c15-14-4-3-13(11-16-14)18-9-7-17(8-10-18)6-5-12-1-2-12/h3-4,11-12H,1-2,5-10H2,(H2,15,16). The van der Waals surface area contributed by atoms with Gasteiger partial charge < -0.3 is 10.6 Å². The van der Waals surface area contributed by atoms with Crippen molar-refractivity contribution in [2.24, 2.45) is 5.92 Å². The third kappa shape index (κ3) is 2.93. The minimum Gasteiger partial charge on any atom is -0.384 e. The second-order valence-electron chi connectivity index (χ2n) is 5.50. The van der Waals surface area contributed by atoms with Crippen molar-refractivity contribution in [3.8, 4) is 0 Å². The predicted octanol–water partition coefficient (Wildman–Crippen LogP) is 1.59. The van der Waals surface area contributed by atoms with E-state index in [9.17, 15) is 0 Å². The molecule has 0 radical (unpaired) electrons. The number of pyridine rings is 1. The Morgan fingerprint density at radius 3 is 2.56 bits per heavy atom. The predicted molar refractivity (Wildman–Crippen MR) is 74.6 cm³/mol. The average Bonchev–Trinajstić information content (AvgIpc) is 3.22. The highest BCUT2D eigenvalue weighted by Gasteiger charge is 2.23. The molecule has 1 aromatic rings. The van der Waals surface area contributed by atoms with E-state index in [1.165, 1.54) is 44.6 Å². The maximum atomic E-state index is 5.61. The maximum absolute atomic E-state index is 5.61. The molecule has 1 saturated carbocycles. The van der Waals surface area contributed by atoms with Crippen LogP contribution in [0.5, 0.6) is 0 Å². The van der Waals surface area contributed by atoms with E-state index in [-0.39, 0.29) is 0 Å². The van der Waals surface area contributed by atoms with Crippen LogP contribution in [0.15, 0.2) is 18.3 Å². The van der Waals surface area contributed by atoms with Gasteiger partial charge in [-0.15, -0.1) is 0 Å². The monoisotopic (exact) mass is 246 g/mol. The summed E-state index contributed by atoms with van der Waals surface area (Å²) in [5, 5.41) is 0. The van der Waals surface area contributed by atoms with E-state index in [0.717, 1.165) is 19.0 Å². The summed E-state index contributed by atoms with van der Waals surface area (Å²) >= 11 is 0. The molecule has 1 aromatic heterocycles. The lowest BCUT2D eigenvalue weighted by molar-refractivity contribution is 0.250. The van der Waals surface area contributed by atoms with Crippen molar-refractivity contribution in [1.29, 1.82) is 0 Å². The van der Waals surface area contributed by atoms with E-state index in [4.69, 9.17) is 5.73 Å². The van der Waals surface area contributed by atoms with Crippen LogP contribution >= 0.6 is 0 Å². The largest absolute Gasteiger partial charge is 0.384 e. The molecule has 1 aliphatic carbocycles. The van der Waals surface area contributed by atoms with Gasteiger partial charge in [-0.05, 0) is 31.0 Å². The lowest BCUT2D eigenvalue weighted by atomic mass is 10.2. The number of piperazine rings is 1. The fraction of sp³-hybridized carbons (Fsp3) is 0.643. The van der Waals surface area contributed by atoms with Crippen molar-refractivity contribution >= 4 is 11.5 Å². The molecule has 2 N–H and O–H groups in total. The smallest absolute Gasteiger partial charge is 0.123 e. The van der Waals surface area contributed by atoms with E-state index in [0.29, 0.717) is 5.82 Å². The zero-order valence-electron chi connectivity index (χ0n) is 10.9. The van der Waals surface area contributed by atoms with Gasteiger partial charge in [-0.2, -0.15) is 0 Å². The normalized spacial score (nSPS) is 21.2. The Balaban J connectivity index is 1.48. The van der Waals surface area contributed by atoms with Crippen LogP contribution in [0.4, 0.5) is 11.5 Å². The van der Waals surface area contributed by atoms with Crippen molar-refractivity contribution in [1.82, 2.24) is 9.88 Å². The highest BCUT2D eigenvalue weighted by Crippen LogP contribution is 2.32. The molecule has 0 amide bonds. The summed E-state index contributed by atoms with van der Waals surface area (Å²) < 4.78 is 0. The Hall–Kier alpha value is -1.29. The molecule has 1 saturated heterocycles. The van der Waals surface area contributed by atoms with E-state index in [1.807, 2.05) is 12.3 Å². The molecule has 3 rings (SSSR count). The third-order valence-electron chi connectivity index (χ3n) is 4.06. The van der Waals surface area contributed by atoms with Gasteiger partial charge in [-0.3, -0.25) is 4.90 Å². The minimum atomic E-state index is 0.599. The van der Waals surface area contributed by atoms with Crippen LogP contribution in [0.25, 0.3) is 0 Å². The van der Waals surface area contributed by atoms with Crippen molar-refractivity contribution in [2.45, 2.75) is 19.3 Å². The number of rotatable bonds is 4. The summed E-state index contributed by atoms with van der Waals surface area (Å²) in [5.74, 6) is 1.64. The van der Waals surface area contributed by atoms with Gasteiger partial charge in [0.05, 0.1) is 11.9 Å². The summed E-state index contributed by atoms with van der Waals surface area (Å²) in [6.07, 6.45) is 6.23. The number of aromatic nitrogens is 1. The zero-order chi connectivity index (χ0) is 12.4. The molecule has 0 spiro atoms. The van der Waals surface area contributed by atoms with Crippen LogP contribution in [0.2, 0.25) is 0 Å². The molecule has 2 heterocycles. The number of nitrogens with two attached hydrogens (primary N) is 1. The molecule has 1 aliphatic heterocycles. The van der Waals surface area contributed by atoms with Gasteiger partial charge in [0.1, 0.15) is 5.82 Å². The van der Waals surface area contributed by atoms with Crippen LogP contribution in [0.3, 0.4) is 0 Å². The first kappa shape index (κ1) is 11.8. The summed E-state index contributed by atoms with van der Waals surface area (Å²) in [6.45, 7) is 5.86. The van der Waals surface area contributed by atoms with Gasteiger partial charge in [-0.25, -0.2) is 4.98 Å². The number of nitrogen functional groups attached to an aromatic ring is 1. The second-order valence-corrected chi connectivity index (χ2v) is 5.50. The number of hydrogen-bond donors (Lipinski definition) is 1. The van der Waals surface area contributed by atoms with Gasteiger partial charge in [0.15, 0.2) is 0 Å². The lowest BCUT2D eigenvalue weighted by Crippen LogP contribution is -2.46. The molecule has 0 atom stereocenters. The maximum Gasteiger partial charge on any atom is 0.123 e. The van der Waals surface area contributed by atoms with Crippen molar-refractivity contribution in [3.05, 3.63) is 18.3 Å². The lowest BCUT2D eigenvalue weighted by Gasteiger charge is -2.36. The van der Waals surface area contributed by atoms with Gasteiger partial charge in [-0.1, -0.05) is 12.8 Å². The van der Waals surface area contributed by atoms with Crippen LogP contribution in [0, 0.1) is 5.92 Å². The average molecular weight is 246 g/mol. The number of nitrogens with zero attached hydrogens (tertiary/aromatic N) is 3. The fourth-order valence-electron chi connectivity index (χ4n) is 2.59. The van der Waals surface area contributed by atoms with E-state index >= 15 is 0 Å². The first-order valence-electron chi connectivity index (χ1n) is 7.00. The number of hydrogen-bond acceptors (Lipinski definition) is 4. The van der Waals surface area contributed by atoms with Crippen molar-refractivity contribution < 1.29 is 0 Å². The highest BCUT2D eigenvalue weighted by molar-refractivity contribution is 5.48. The molecule has 98 valence electrons. The van der Waals surface area contributed by atoms with Crippen LogP contribution in [0.1, 0.15) is 19.3 Å². The van der Waals surface area contributed by atoms with Crippen molar-refractivity contribution in [2.75, 3.05) is 43.4 Å².